The summed E-state index contributed by atoms with van der Waals surface area (Å²) in [6, 6.07) is 22.4. The summed E-state index contributed by atoms with van der Waals surface area (Å²) in [4.78, 5) is 60.5. The molecule has 3 heterocycles. The van der Waals surface area contributed by atoms with E-state index in [1.54, 1.807) is 66.9 Å². The molecule has 1 saturated carbocycles. The minimum atomic E-state index is -1.82. The lowest BCUT2D eigenvalue weighted by Crippen LogP contribution is -2.55. The molecule has 0 aromatic heterocycles. The summed E-state index contributed by atoms with van der Waals surface area (Å²) < 4.78 is 11.7. The average Bonchev–Trinajstić information content (AvgIpc) is 3.59. The van der Waals surface area contributed by atoms with Gasteiger partial charge in [0, 0.05) is 22.9 Å². The van der Waals surface area contributed by atoms with Gasteiger partial charge in [0.1, 0.15) is 17.2 Å². The number of fused-ring (bicyclic) bond motifs is 5. The zero-order chi connectivity index (χ0) is 39.9. The standard InChI is InChI=1S/C42H34BCl2N3O9/c1-56-28-9-5-23(6-10-28)42-32(39(51)48(41(42)53)46-34-13-7-25(44)18-33(34)45)19-31-29(37(42)22-15-21-16-27(49)8-14-35(21)57-20-22)11-12-30-36(31)40(52)47(38(30)50)26-4-2-3-24(17-26)43(54)55/h2-11,13-14,16-18,20,30-32,36-37,46,49,54-55H,12,15,19H2,1H3. The highest BCUT2D eigenvalue weighted by molar-refractivity contribution is 6.58. The highest BCUT2D eigenvalue weighted by Crippen LogP contribution is 2.63. The second-order valence-electron chi connectivity index (χ2n) is 15.0. The Morgan fingerprint density at radius 1 is 0.912 bits per heavy atom. The molecule has 4 amide bonds. The summed E-state index contributed by atoms with van der Waals surface area (Å²) in [6.07, 6.45) is 3.98. The number of amides is 4. The minimum absolute atomic E-state index is 0.0258. The third-order valence-electron chi connectivity index (χ3n) is 12.2. The van der Waals surface area contributed by atoms with Gasteiger partial charge in [-0.05, 0) is 96.0 Å². The predicted octanol–water partition coefficient (Wildman–Crippen LogP) is 4.93. The van der Waals surface area contributed by atoms with E-state index in [9.17, 15) is 24.7 Å². The second-order valence-corrected chi connectivity index (χ2v) is 15.8. The van der Waals surface area contributed by atoms with Gasteiger partial charge in [0.05, 0.1) is 52.9 Å². The maximum Gasteiger partial charge on any atom is 0.488 e. The number of hydrazine groups is 1. The topological polar surface area (TPSA) is 166 Å². The molecule has 2 saturated heterocycles. The molecule has 288 valence electrons. The van der Waals surface area contributed by atoms with Crippen molar-refractivity contribution in [1.29, 1.82) is 0 Å². The molecule has 12 nitrogen and oxygen atoms in total. The summed E-state index contributed by atoms with van der Waals surface area (Å²) in [5, 5.41) is 31.8. The first-order chi connectivity index (χ1) is 27.4. The predicted molar refractivity (Wildman–Crippen MR) is 211 cm³/mol. The first-order valence-corrected chi connectivity index (χ1v) is 19.1. The van der Waals surface area contributed by atoms with Crippen LogP contribution in [0, 0.1) is 29.6 Å². The van der Waals surface area contributed by atoms with Crippen LogP contribution in [-0.2, 0) is 31.0 Å². The Kier molecular flexibility index (Phi) is 8.96. The average molecular weight is 806 g/mol. The number of hydrogen-bond donors (Lipinski definition) is 4. The van der Waals surface area contributed by atoms with Crippen LogP contribution in [0.3, 0.4) is 0 Å². The molecule has 3 fully saturated rings. The SMILES string of the molecule is COc1ccc(C23C(=O)N(Nc4ccc(Cl)cc4Cl)C(=O)C2CC2C(=CCC4C(=O)N(c5cccc(B(O)O)c5)C(=O)C42)C3C2=COc3ccc(O)cc3C2)cc1. The lowest BCUT2D eigenvalue weighted by atomic mass is 9.48. The van der Waals surface area contributed by atoms with Crippen molar-refractivity contribution in [3.05, 3.63) is 130 Å². The van der Waals surface area contributed by atoms with Crippen molar-refractivity contribution >= 4 is 70.8 Å². The van der Waals surface area contributed by atoms with E-state index >= 15 is 9.59 Å². The van der Waals surface area contributed by atoms with Crippen LogP contribution in [0.1, 0.15) is 24.0 Å². The van der Waals surface area contributed by atoms with Gasteiger partial charge in [-0.15, -0.1) is 0 Å². The van der Waals surface area contributed by atoms with Gasteiger partial charge in [-0.25, -0.2) is 0 Å². The van der Waals surface area contributed by atoms with E-state index in [1.807, 2.05) is 6.08 Å². The van der Waals surface area contributed by atoms with Gasteiger partial charge in [-0.2, -0.15) is 5.01 Å². The van der Waals surface area contributed by atoms with Crippen LogP contribution in [0.2, 0.25) is 10.0 Å². The number of nitrogens with zero attached hydrogens (tertiary/aromatic N) is 2. The molecule has 4 aromatic carbocycles. The fraction of sp³-hybridized carbons (Fsp3) is 0.238. The van der Waals surface area contributed by atoms with Crippen molar-refractivity contribution in [2.24, 2.45) is 29.6 Å². The van der Waals surface area contributed by atoms with Gasteiger partial charge >= 0.3 is 7.12 Å². The van der Waals surface area contributed by atoms with Crippen molar-refractivity contribution in [3.63, 3.8) is 0 Å². The third-order valence-corrected chi connectivity index (χ3v) is 12.7. The smallest absolute Gasteiger partial charge is 0.488 e. The number of aromatic hydroxyl groups is 1. The Balaban J connectivity index is 1.22. The first-order valence-electron chi connectivity index (χ1n) is 18.4. The number of hydrogen-bond acceptors (Lipinski definition) is 10. The minimum Gasteiger partial charge on any atom is -0.508 e. The van der Waals surface area contributed by atoms with Crippen molar-refractivity contribution < 1.29 is 43.8 Å². The van der Waals surface area contributed by atoms with Crippen molar-refractivity contribution in [3.8, 4) is 17.2 Å². The number of rotatable bonds is 7. The largest absolute Gasteiger partial charge is 0.508 e. The summed E-state index contributed by atoms with van der Waals surface area (Å²) in [5.74, 6) is -5.20. The number of phenolic OH excluding ortho intramolecular Hbond substituents is 1. The van der Waals surface area contributed by atoms with Gasteiger partial charge in [-0.3, -0.25) is 29.5 Å². The zero-order valence-corrected chi connectivity index (χ0v) is 31.8. The highest BCUT2D eigenvalue weighted by atomic mass is 35.5. The van der Waals surface area contributed by atoms with Crippen LogP contribution in [0.5, 0.6) is 17.2 Å². The number of phenols is 1. The number of allylic oxidation sites excluding steroid dienone is 3. The molecule has 9 rings (SSSR count). The van der Waals surface area contributed by atoms with E-state index in [1.165, 1.54) is 31.4 Å². The zero-order valence-electron chi connectivity index (χ0n) is 30.3. The molecule has 6 unspecified atom stereocenters. The Hall–Kier alpha value is -5.60. The molecule has 57 heavy (non-hydrogen) atoms. The molecule has 2 aliphatic carbocycles. The van der Waals surface area contributed by atoms with Crippen molar-refractivity contribution in [2.45, 2.75) is 24.7 Å². The number of carbonyl (C=O) groups excluding carboxylic acids is 4. The Morgan fingerprint density at radius 3 is 2.44 bits per heavy atom. The molecule has 4 aromatic rings. The van der Waals surface area contributed by atoms with Gasteiger partial charge in [-0.1, -0.05) is 59.1 Å². The number of halogens is 2. The van der Waals surface area contributed by atoms with Gasteiger partial charge in [0.2, 0.25) is 11.8 Å². The fourth-order valence-corrected chi connectivity index (χ4v) is 10.2. The second kappa shape index (κ2) is 13.8. The normalized spacial score (nSPS) is 26.2. The first kappa shape index (κ1) is 37.0. The molecule has 3 aliphatic heterocycles. The molecular weight excluding hydrogens is 772 g/mol. The quantitative estimate of drug-likeness (QED) is 0.114. The molecule has 0 spiro atoms. The van der Waals surface area contributed by atoms with Crippen LogP contribution < -0.4 is 25.3 Å². The number of imide groups is 2. The Labute approximate surface area is 337 Å². The van der Waals surface area contributed by atoms with Crippen LogP contribution in [-0.4, -0.2) is 58.0 Å². The number of ether oxygens (including phenoxy) is 2. The Morgan fingerprint density at radius 2 is 1.70 bits per heavy atom. The number of methoxy groups -OCH3 is 1. The number of anilines is 2. The summed E-state index contributed by atoms with van der Waals surface area (Å²) >= 11 is 12.8. The lowest BCUT2D eigenvalue weighted by Gasteiger charge is -2.51. The highest BCUT2D eigenvalue weighted by Gasteiger charge is 2.71. The maximum atomic E-state index is 15.5. The Bertz CT molecular complexity index is 2460. The molecule has 0 bridgehead atoms. The van der Waals surface area contributed by atoms with E-state index in [0.717, 1.165) is 15.5 Å². The van der Waals surface area contributed by atoms with Crippen molar-refractivity contribution in [1.82, 2.24) is 5.01 Å². The van der Waals surface area contributed by atoms with Crippen LogP contribution in [0.4, 0.5) is 11.4 Å². The summed E-state index contributed by atoms with van der Waals surface area (Å²) in [6.45, 7) is 0. The summed E-state index contributed by atoms with van der Waals surface area (Å²) in [7, 11) is -0.289. The number of nitrogens with one attached hydrogen (secondary N) is 1. The maximum absolute atomic E-state index is 15.5. The van der Waals surface area contributed by atoms with Crippen LogP contribution in [0.15, 0.2) is 108 Å². The molecule has 4 N–H and O–H groups in total. The molecule has 5 aliphatic rings. The molecular formula is C42H34BCl2N3O9. The fourth-order valence-electron chi connectivity index (χ4n) is 9.74. The van der Waals surface area contributed by atoms with Gasteiger partial charge < -0.3 is 24.6 Å². The van der Waals surface area contributed by atoms with E-state index in [0.29, 0.717) is 33.2 Å². The van der Waals surface area contributed by atoms with E-state index in [2.05, 4.69) is 5.43 Å². The molecule has 15 heteroatoms. The van der Waals surface area contributed by atoms with Crippen LogP contribution >= 0.6 is 23.2 Å². The van der Waals surface area contributed by atoms with Crippen molar-refractivity contribution in [2.75, 3.05) is 17.4 Å². The van der Waals surface area contributed by atoms with E-state index < -0.39 is 65.8 Å². The van der Waals surface area contributed by atoms with E-state index in [4.69, 9.17) is 32.7 Å². The monoisotopic (exact) mass is 805 g/mol. The summed E-state index contributed by atoms with van der Waals surface area (Å²) in [5.41, 5.74) is 4.53. The molecule has 0 radical (unpaired) electrons. The van der Waals surface area contributed by atoms with Gasteiger partial charge in [0.25, 0.3) is 11.8 Å². The van der Waals surface area contributed by atoms with Gasteiger partial charge in [0.15, 0.2) is 0 Å². The number of benzene rings is 4. The third kappa shape index (κ3) is 5.66. The number of carbonyl (C=O) groups is 4. The van der Waals surface area contributed by atoms with E-state index in [-0.39, 0.29) is 46.9 Å². The molecule has 6 atom stereocenters. The lowest BCUT2D eigenvalue weighted by molar-refractivity contribution is -0.139. The van der Waals surface area contributed by atoms with Crippen LogP contribution in [0.25, 0.3) is 0 Å².